The predicted octanol–water partition coefficient (Wildman–Crippen LogP) is 6.39. The van der Waals surface area contributed by atoms with E-state index in [1.54, 1.807) is 11.8 Å². The number of hydrogen-bond donors (Lipinski definition) is 1. The van der Waals surface area contributed by atoms with Crippen molar-refractivity contribution in [2.24, 2.45) is 0 Å². The predicted molar refractivity (Wildman–Crippen MR) is 166 cm³/mol. The number of ether oxygens (including phenoxy) is 1. The summed E-state index contributed by atoms with van der Waals surface area (Å²) in [6.45, 7) is 7.84. The Labute approximate surface area is 268 Å². The number of pyridine rings is 1. The Morgan fingerprint density at radius 3 is 2.49 bits per heavy atom. The van der Waals surface area contributed by atoms with Crippen molar-refractivity contribution in [1.82, 2.24) is 24.8 Å². The fourth-order valence-corrected chi connectivity index (χ4v) is 6.85. The molecule has 0 spiro atoms. The zero-order chi connectivity index (χ0) is 34.4. The Morgan fingerprint density at radius 1 is 1.17 bits per heavy atom. The number of anilines is 2. The van der Waals surface area contributed by atoms with Gasteiger partial charge in [0.2, 0.25) is 17.1 Å². The van der Waals surface area contributed by atoms with Crippen LogP contribution in [0.5, 0.6) is 6.01 Å². The highest BCUT2D eigenvalue weighted by molar-refractivity contribution is 8.20. The summed E-state index contributed by atoms with van der Waals surface area (Å²) in [6.07, 6.45) is -2.19. The number of amides is 1. The first-order chi connectivity index (χ1) is 22.0. The van der Waals surface area contributed by atoms with E-state index in [9.17, 15) is 29.6 Å². The van der Waals surface area contributed by atoms with Crippen LogP contribution in [0.15, 0.2) is 24.8 Å². The summed E-state index contributed by atoms with van der Waals surface area (Å²) in [5, 5.41) is -0.153. The van der Waals surface area contributed by atoms with Gasteiger partial charge in [-0.3, -0.25) is 4.79 Å². The van der Waals surface area contributed by atoms with E-state index in [1.807, 2.05) is 7.05 Å². The molecule has 1 aromatic carbocycles. The first kappa shape index (κ1) is 34.5. The van der Waals surface area contributed by atoms with Gasteiger partial charge in [0.1, 0.15) is 23.8 Å². The number of nitrogens with two attached hydrogens (primary N) is 1. The van der Waals surface area contributed by atoms with Crippen LogP contribution >= 0.6 is 11.2 Å². The van der Waals surface area contributed by atoms with Gasteiger partial charge in [-0.2, -0.15) is 23.1 Å². The van der Waals surface area contributed by atoms with Crippen molar-refractivity contribution in [2.45, 2.75) is 50.7 Å². The van der Waals surface area contributed by atoms with Crippen molar-refractivity contribution in [3.8, 4) is 17.3 Å². The van der Waals surface area contributed by atoms with Gasteiger partial charge in [0.15, 0.2) is 5.82 Å². The maximum Gasteiger partial charge on any atom is 0.418 e. The fourth-order valence-electron chi connectivity index (χ4n) is 6.27. The average Bonchev–Trinajstić information content (AvgIpc) is 3.38. The Hall–Kier alpha value is -3.86. The van der Waals surface area contributed by atoms with Crippen LogP contribution in [0.2, 0.25) is 0 Å². The van der Waals surface area contributed by atoms with Gasteiger partial charge in [-0.1, -0.05) is 6.58 Å². The van der Waals surface area contributed by atoms with E-state index in [-0.39, 0.29) is 55.4 Å². The number of likely N-dealkylation sites (N-methyl/N-ethyl adjacent to an activating group) is 1. The number of benzene rings is 1. The summed E-state index contributed by atoms with van der Waals surface area (Å²) in [5.41, 5.74) is 0.560. The maximum absolute atomic E-state index is 16.8. The highest BCUT2D eigenvalue weighted by atomic mass is 32.3. The second kappa shape index (κ2) is 13.0. The zero-order valence-electron chi connectivity index (χ0n) is 25.9. The lowest BCUT2D eigenvalue weighted by Gasteiger charge is -2.40. The molecule has 2 aliphatic rings. The molecule has 2 aromatic heterocycles. The Bertz CT molecular complexity index is 1700. The van der Waals surface area contributed by atoms with Gasteiger partial charge < -0.3 is 25.2 Å². The van der Waals surface area contributed by atoms with Crippen molar-refractivity contribution >= 4 is 39.6 Å². The summed E-state index contributed by atoms with van der Waals surface area (Å²) in [5.74, 6) is -3.84. The average molecular weight is 690 g/mol. The summed E-state index contributed by atoms with van der Waals surface area (Å²) >= 11 is -5.91. The van der Waals surface area contributed by atoms with Crippen molar-refractivity contribution < 1.29 is 38.8 Å². The van der Waals surface area contributed by atoms with E-state index < -0.39 is 74.3 Å². The number of nitrogens with zero attached hydrogens (tertiary/aromatic N) is 6. The number of halogens is 7. The third kappa shape index (κ3) is 7.20. The lowest BCUT2D eigenvalue weighted by Crippen LogP contribution is -2.53. The van der Waals surface area contributed by atoms with Gasteiger partial charge in [0.25, 0.3) is 0 Å². The van der Waals surface area contributed by atoms with Gasteiger partial charge in [-0.15, -0.1) is 11.7 Å². The summed E-state index contributed by atoms with van der Waals surface area (Å²) in [6, 6.07) is 1.15. The van der Waals surface area contributed by atoms with Crippen LogP contribution in [0.1, 0.15) is 36.5 Å². The van der Waals surface area contributed by atoms with E-state index in [1.165, 1.54) is 11.0 Å². The van der Waals surface area contributed by atoms with Crippen molar-refractivity contribution in [2.75, 3.05) is 50.5 Å². The molecule has 0 aliphatic carbocycles. The van der Waals surface area contributed by atoms with Crippen LogP contribution < -0.4 is 15.4 Å². The van der Waals surface area contributed by atoms with Crippen LogP contribution in [0.25, 0.3) is 22.2 Å². The Balaban J connectivity index is 1.76. The van der Waals surface area contributed by atoms with Crippen LogP contribution in [0.4, 0.5) is 40.9 Å². The van der Waals surface area contributed by atoms with Crippen LogP contribution in [-0.4, -0.2) is 82.6 Å². The molecule has 2 atom stereocenters. The minimum Gasteiger partial charge on any atom is -0.462 e. The highest BCUT2D eigenvalue weighted by Crippen LogP contribution is 2.57. The van der Waals surface area contributed by atoms with E-state index in [0.717, 1.165) is 38.4 Å². The van der Waals surface area contributed by atoms with Gasteiger partial charge in [0, 0.05) is 42.7 Å². The van der Waals surface area contributed by atoms with E-state index >= 15 is 4.39 Å². The number of fused-ring (bicyclic) bond motifs is 1. The van der Waals surface area contributed by atoms with Crippen molar-refractivity contribution in [3.63, 3.8) is 0 Å². The summed E-state index contributed by atoms with van der Waals surface area (Å²) in [7, 11) is 1.91. The minimum atomic E-state index is -5.91. The molecular weight excluding hydrogens is 655 g/mol. The summed E-state index contributed by atoms with van der Waals surface area (Å²) < 4.78 is 108. The van der Waals surface area contributed by atoms with E-state index in [4.69, 9.17) is 10.5 Å². The quantitative estimate of drug-likeness (QED) is 0.215. The molecule has 0 saturated carbocycles. The largest absolute Gasteiger partial charge is 0.462 e. The third-order valence-corrected chi connectivity index (χ3v) is 9.15. The lowest BCUT2D eigenvalue weighted by molar-refractivity contribution is -0.137. The third-order valence-electron chi connectivity index (χ3n) is 8.51. The number of piperazine rings is 1. The van der Waals surface area contributed by atoms with Gasteiger partial charge in [-0.05, 0) is 69.6 Å². The number of rotatable bonds is 8. The smallest absolute Gasteiger partial charge is 0.418 e. The summed E-state index contributed by atoms with van der Waals surface area (Å²) in [4.78, 5) is 30.0. The monoisotopic (exact) mass is 689 g/mol. The molecule has 2 N–H and O–H groups in total. The van der Waals surface area contributed by atoms with E-state index in [2.05, 4.69) is 26.4 Å². The normalized spacial score (nSPS) is 19.8. The number of aryl methyl sites for hydroxylation is 1. The molecule has 9 nitrogen and oxygen atoms in total. The minimum absolute atomic E-state index is 0.00325. The number of carbonyl (C=O) groups excluding carboxylic acids is 1. The number of hydrogen-bond acceptors (Lipinski definition) is 8. The van der Waals surface area contributed by atoms with Crippen molar-refractivity contribution in [1.29, 1.82) is 0 Å². The second-order valence-corrected chi connectivity index (χ2v) is 13.1. The Kier molecular flexibility index (Phi) is 9.52. The molecule has 2 unspecified atom stereocenters. The lowest BCUT2D eigenvalue weighted by atomic mass is 9.95. The Morgan fingerprint density at radius 2 is 1.89 bits per heavy atom. The number of nitrogen functional groups attached to an aromatic ring is 1. The molecule has 17 heteroatoms. The molecular formula is C30H34F7N7O2S. The number of aromatic nitrogens is 3. The molecule has 47 heavy (non-hydrogen) atoms. The van der Waals surface area contributed by atoms with Crippen LogP contribution in [0, 0.1) is 12.7 Å². The molecule has 256 valence electrons. The van der Waals surface area contributed by atoms with Crippen LogP contribution in [-0.2, 0) is 16.7 Å². The zero-order valence-corrected chi connectivity index (χ0v) is 26.7. The molecule has 2 aliphatic heterocycles. The molecule has 4 heterocycles. The first-order valence-electron chi connectivity index (χ1n) is 14.8. The molecule has 0 bridgehead atoms. The second-order valence-electron chi connectivity index (χ2n) is 11.8. The number of likely N-dealkylation sites (tertiary alicyclic amines) is 1. The maximum atomic E-state index is 16.8. The SMILES string of the molecule is C=CC(=O)N1CCN(c2nc(OCC3CCCN3C)nc3c(F)c(-c4nc(N)cc(C)c4C(F)(F)F)c(CS(F)(F)F)cc23)C(C)C1. The topological polar surface area (TPSA) is 101 Å². The number of carbonyl (C=O) groups is 1. The van der Waals surface area contributed by atoms with Gasteiger partial charge >= 0.3 is 12.2 Å². The van der Waals surface area contributed by atoms with Crippen LogP contribution in [0.3, 0.4) is 0 Å². The van der Waals surface area contributed by atoms with Gasteiger partial charge in [0.05, 0.1) is 17.0 Å². The first-order valence-corrected chi connectivity index (χ1v) is 16.3. The molecule has 1 amide bonds. The van der Waals surface area contributed by atoms with Crippen molar-refractivity contribution in [3.05, 3.63) is 47.3 Å². The molecule has 2 saturated heterocycles. The fraction of sp³-hybridized carbons (Fsp3) is 0.467. The van der Waals surface area contributed by atoms with E-state index in [0.29, 0.717) is 0 Å². The number of alkyl halides is 3. The molecule has 5 rings (SSSR count). The molecule has 2 fully saturated rings. The molecule has 3 aromatic rings. The van der Waals surface area contributed by atoms with Gasteiger partial charge in [-0.25, -0.2) is 9.37 Å². The molecule has 0 radical (unpaired) electrons. The standard InChI is InChI=1S/C30H34F7N7O2S/c1-5-22(45)43-9-10-44(17(3)13-43)28-20-12-18(15-47(35,36)37)23(27-24(30(32,33)34)16(2)11-21(38)39-27)25(31)26(20)40-29(41-28)46-14-19-7-6-8-42(19)4/h5,11-12,17,19H,1,6-10,13-15H2,2-4H3,(H2,38,39). The highest BCUT2D eigenvalue weighted by Gasteiger charge is 2.40.